The van der Waals surface area contributed by atoms with Gasteiger partial charge in [0.25, 0.3) is 5.91 Å². The molecular weight excluding hydrogens is 336 g/mol. The van der Waals surface area contributed by atoms with Gasteiger partial charge in [-0.1, -0.05) is 31.2 Å². The molecular formula is C22H24N4O. The quantitative estimate of drug-likeness (QED) is 0.710. The van der Waals surface area contributed by atoms with Crippen LogP contribution in [0.1, 0.15) is 47.2 Å². The molecule has 1 aliphatic rings. The molecule has 3 aromatic rings. The summed E-state index contributed by atoms with van der Waals surface area (Å²) in [7, 11) is 0. The number of hydrogen-bond acceptors (Lipinski definition) is 3. The summed E-state index contributed by atoms with van der Waals surface area (Å²) in [6.45, 7) is 3.80. The summed E-state index contributed by atoms with van der Waals surface area (Å²) < 4.78 is 1.68. The number of carbonyl (C=O) groups excluding carboxylic acids is 1. The number of nitrogens with zero attached hydrogens (tertiary/aromatic N) is 4. The third-order valence-corrected chi connectivity index (χ3v) is 5.44. The number of aromatic nitrogens is 3. The van der Waals surface area contributed by atoms with Gasteiger partial charge in [-0.3, -0.25) is 4.79 Å². The highest BCUT2D eigenvalue weighted by molar-refractivity contribution is 5.94. The van der Waals surface area contributed by atoms with Crippen LogP contribution in [0.5, 0.6) is 0 Å². The Hall–Kier alpha value is -2.95. The first-order valence-corrected chi connectivity index (χ1v) is 9.58. The first-order chi connectivity index (χ1) is 13.2. The Bertz CT molecular complexity index is 877. The third-order valence-electron chi connectivity index (χ3n) is 5.44. The van der Waals surface area contributed by atoms with E-state index in [-0.39, 0.29) is 5.91 Å². The predicted molar refractivity (Wildman–Crippen MR) is 105 cm³/mol. The molecule has 2 aromatic carbocycles. The SMILES string of the molecule is CCc1ccc(C2CCN(C(=O)c3ccc(-n4cncn4)cc3)CC2)cc1. The van der Waals surface area contributed by atoms with E-state index in [1.807, 2.05) is 29.2 Å². The van der Waals surface area contributed by atoms with E-state index in [2.05, 4.69) is 41.3 Å². The van der Waals surface area contributed by atoms with Crippen molar-refractivity contribution in [2.24, 2.45) is 0 Å². The molecule has 0 bridgehead atoms. The summed E-state index contributed by atoms with van der Waals surface area (Å²) in [6, 6.07) is 16.5. The molecule has 1 aromatic heterocycles. The Kier molecular flexibility index (Phi) is 5.01. The van der Waals surface area contributed by atoms with Gasteiger partial charge in [-0.25, -0.2) is 9.67 Å². The largest absolute Gasteiger partial charge is 0.339 e. The Morgan fingerprint density at radius 2 is 1.74 bits per heavy atom. The van der Waals surface area contributed by atoms with Crippen LogP contribution in [-0.4, -0.2) is 38.7 Å². The fourth-order valence-electron chi connectivity index (χ4n) is 3.72. The zero-order valence-corrected chi connectivity index (χ0v) is 15.6. The van der Waals surface area contributed by atoms with Crippen molar-refractivity contribution in [3.63, 3.8) is 0 Å². The van der Waals surface area contributed by atoms with Gasteiger partial charge in [0.2, 0.25) is 0 Å². The van der Waals surface area contributed by atoms with E-state index in [0.717, 1.165) is 43.6 Å². The summed E-state index contributed by atoms with van der Waals surface area (Å²) in [6.07, 6.45) is 6.26. The monoisotopic (exact) mass is 360 g/mol. The zero-order valence-electron chi connectivity index (χ0n) is 15.6. The van der Waals surface area contributed by atoms with Crippen LogP contribution in [0.2, 0.25) is 0 Å². The lowest BCUT2D eigenvalue weighted by molar-refractivity contribution is 0.0713. The van der Waals surface area contributed by atoms with E-state index in [9.17, 15) is 4.79 Å². The van der Waals surface area contributed by atoms with Crippen LogP contribution in [-0.2, 0) is 6.42 Å². The number of amides is 1. The van der Waals surface area contributed by atoms with Crippen molar-refractivity contribution in [1.82, 2.24) is 19.7 Å². The van der Waals surface area contributed by atoms with Gasteiger partial charge in [-0.05, 0) is 60.6 Å². The van der Waals surface area contributed by atoms with E-state index in [0.29, 0.717) is 5.92 Å². The molecule has 2 heterocycles. The second-order valence-corrected chi connectivity index (χ2v) is 7.05. The van der Waals surface area contributed by atoms with Gasteiger partial charge in [-0.15, -0.1) is 0 Å². The van der Waals surface area contributed by atoms with Crippen LogP contribution >= 0.6 is 0 Å². The lowest BCUT2D eigenvalue weighted by Crippen LogP contribution is -2.37. The van der Waals surface area contributed by atoms with E-state index in [1.165, 1.54) is 17.5 Å². The van der Waals surface area contributed by atoms with Crippen molar-refractivity contribution in [2.45, 2.75) is 32.1 Å². The molecule has 0 saturated carbocycles. The number of carbonyl (C=O) groups is 1. The number of aryl methyl sites for hydroxylation is 1. The highest BCUT2D eigenvalue weighted by Crippen LogP contribution is 2.29. The average Bonchev–Trinajstić information content (AvgIpc) is 3.28. The molecule has 0 radical (unpaired) electrons. The Morgan fingerprint density at radius 3 is 2.33 bits per heavy atom. The van der Waals surface area contributed by atoms with Crippen LogP contribution in [0.4, 0.5) is 0 Å². The highest BCUT2D eigenvalue weighted by Gasteiger charge is 2.24. The van der Waals surface area contributed by atoms with Crippen molar-refractivity contribution in [2.75, 3.05) is 13.1 Å². The Balaban J connectivity index is 1.38. The first-order valence-electron chi connectivity index (χ1n) is 9.58. The van der Waals surface area contributed by atoms with E-state index >= 15 is 0 Å². The van der Waals surface area contributed by atoms with Crippen LogP contribution in [0.25, 0.3) is 5.69 Å². The van der Waals surface area contributed by atoms with Gasteiger partial charge >= 0.3 is 0 Å². The van der Waals surface area contributed by atoms with Gasteiger partial charge in [0, 0.05) is 18.7 Å². The maximum absolute atomic E-state index is 12.8. The fourth-order valence-corrected chi connectivity index (χ4v) is 3.72. The van der Waals surface area contributed by atoms with E-state index < -0.39 is 0 Å². The molecule has 0 aliphatic carbocycles. The lowest BCUT2D eigenvalue weighted by Gasteiger charge is -2.32. The van der Waals surface area contributed by atoms with E-state index in [1.54, 1.807) is 11.0 Å². The van der Waals surface area contributed by atoms with Crippen LogP contribution < -0.4 is 0 Å². The number of hydrogen-bond donors (Lipinski definition) is 0. The van der Waals surface area contributed by atoms with Crippen molar-refractivity contribution in [3.8, 4) is 5.69 Å². The fraction of sp³-hybridized carbons (Fsp3) is 0.318. The number of benzene rings is 2. The minimum absolute atomic E-state index is 0.111. The molecule has 4 rings (SSSR count). The van der Waals surface area contributed by atoms with Crippen LogP contribution in [0, 0.1) is 0 Å². The third kappa shape index (κ3) is 3.77. The minimum Gasteiger partial charge on any atom is -0.339 e. The van der Waals surface area contributed by atoms with Crippen molar-refractivity contribution in [3.05, 3.63) is 77.9 Å². The van der Waals surface area contributed by atoms with Crippen molar-refractivity contribution >= 4 is 5.91 Å². The van der Waals surface area contributed by atoms with Gasteiger partial charge in [-0.2, -0.15) is 5.10 Å². The molecule has 27 heavy (non-hydrogen) atoms. The topological polar surface area (TPSA) is 51.0 Å². The normalized spacial score (nSPS) is 15.1. The summed E-state index contributed by atoms with van der Waals surface area (Å²) in [5, 5.41) is 4.11. The molecule has 5 heteroatoms. The molecule has 5 nitrogen and oxygen atoms in total. The lowest BCUT2D eigenvalue weighted by atomic mass is 9.88. The zero-order chi connectivity index (χ0) is 18.6. The van der Waals surface area contributed by atoms with Gasteiger partial charge in [0.15, 0.2) is 0 Å². The number of rotatable bonds is 4. The van der Waals surface area contributed by atoms with Crippen LogP contribution in [0.3, 0.4) is 0 Å². The van der Waals surface area contributed by atoms with Gasteiger partial charge in [0.05, 0.1) is 5.69 Å². The number of piperidine rings is 1. The Morgan fingerprint density at radius 1 is 1.04 bits per heavy atom. The summed E-state index contributed by atoms with van der Waals surface area (Å²) in [4.78, 5) is 18.7. The standard InChI is InChI=1S/C22H24N4O/c1-2-17-3-5-18(6-4-17)19-11-13-25(14-12-19)22(27)20-7-9-21(10-8-20)26-16-23-15-24-26/h3-10,15-16,19H,2,11-14H2,1H3. The molecule has 138 valence electrons. The average molecular weight is 360 g/mol. The molecule has 1 fully saturated rings. The van der Waals surface area contributed by atoms with Crippen molar-refractivity contribution in [1.29, 1.82) is 0 Å². The highest BCUT2D eigenvalue weighted by atomic mass is 16.2. The Labute approximate surface area is 159 Å². The summed E-state index contributed by atoms with van der Waals surface area (Å²) >= 11 is 0. The molecule has 1 amide bonds. The van der Waals surface area contributed by atoms with Crippen molar-refractivity contribution < 1.29 is 4.79 Å². The molecule has 1 saturated heterocycles. The van der Waals surface area contributed by atoms with E-state index in [4.69, 9.17) is 0 Å². The van der Waals surface area contributed by atoms with Crippen LogP contribution in [0.15, 0.2) is 61.2 Å². The predicted octanol–water partition coefficient (Wildman–Crippen LogP) is 3.85. The summed E-state index contributed by atoms with van der Waals surface area (Å²) in [5.41, 5.74) is 4.40. The summed E-state index contributed by atoms with van der Waals surface area (Å²) in [5.74, 6) is 0.662. The van der Waals surface area contributed by atoms with Gasteiger partial charge in [0.1, 0.15) is 12.7 Å². The molecule has 0 N–H and O–H groups in total. The molecule has 0 atom stereocenters. The maximum Gasteiger partial charge on any atom is 0.253 e. The molecule has 0 spiro atoms. The molecule has 1 aliphatic heterocycles. The molecule has 0 unspecified atom stereocenters. The van der Waals surface area contributed by atoms with Gasteiger partial charge < -0.3 is 4.90 Å². The smallest absolute Gasteiger partial charge is 0.253 e. The first kappa shape index (κ1) is 17.5. The number of likely N-dealkylation sites (tertiary alicyclic amines) is 1. The second-order valence-electron chi connectivity index (χ2n) is 7.05. The second kappa shape index (κ2) is 7.74. The minimum atomic E-state index is 0.111. The maximum atomic E-state index is 12.8.